The highest BCUT2D eigenvalue weighted by molar-refractivity contribution is 8.13. The summed E-state index contributed by atoms with van der Waals surface area (Å²) >= 11 is 1.64. The number of hydrogen-bond acceptors (Lipinski definition) is 3. The zero-order valence-corrected chi connectivity index (χ0v) is 14.4. The van der Waals surface area contributed by atoms with Crippen LogP contribution in [0.2, 0.25) is 0 Å². The van der Waals surface area contributed by atoms with Crippen LogP contribution < -0.4 is 5.32 Å². The number of anilines is 1. The molecule has 2 aliphatic rings. The number of thioether (sulfide) groups is 1. The van der Waals surface area contributed by atoms with Crippen LogP contribution in [0.25, 0.3) is 0 Å². The maximum Gasteiger partial charge on any atom is 0.130 e. The van der Waals surface area contributed by atoms with E-state index in [1.54, 1.807) is 17.8 Å². The molecular formula is C20H21FN2S. The van der Waals surface area contributed by atoms with E-state index in [1.807, 2.05) is 18.2 Å². The zero-order valence-electron chi connectivity index (χ0n) is 13.6. The van der Waals surface area contributed by atoms with Gasteiger partial charge in [0.2, 0.25) is 0 Å². The minimum atomic E-state index is -0.163. The molecule has 0 amide bonds. The van der Waals surface area contributed by atoms with Gasteiger partial charge in [0.1, 0.15) is 16.5 Å². The molecule has 4 rings (SSSR count). The fourth-order valence-electron chi connectivity index (χ4n) is 3.56. The number of nitrogens with zero attached hydrogens (tertiary/aromatic N) is 1. The molecule has 1 fully saturated rings. The van der Waals surface area contributed by atoms with Crippen LogP contribution in [0.15, 0.2) is 53.5 Å². The largest absolute Gasteiger partial charge is 0.361 e. The van der Waals surface area contributed by atoms with E-state index in [4.69, 9.17) is 4.99 Å². The Morgan fingerprint density at radius 3 is 2.58 bits per heavy atom. The Morgan fingerprint density at radius 1 is 1.00 bits per heavy atom. The van der Waals surface area contributed by atoms with Crippen molar-refractivity contribution in [3.63, 3.8) is 0 Å². The molecule has 24 heavy (non-hydrogen) atoms. The predicted octanol–water partition coefficient (Wildman–Crippen LogP) is 5.59. The van der Waals surface area contributed by atoms with Crippen molar-refractivity contribution in [3.05, 3.63) is 65.5 Å². The molecule has 1 aliphatic carbocycles. The minimum absolute atomic E-state index is 0.139. The second-order valence-corrected chi connectivity index (χ2v) is 7.52. The van der Waals surface area contributed by atoms with E-state index in [0.717, 1.165) is 34.7 Å². The Morgan fingerprint density at radius 2 is 1.75 bits per heavy atom. The van der Waals surface area contributed by atoms with Crippen molar-refractivity contribution in [1.29, 1.82) is 0 Å². The summed E-state index contributed by atoms with van der Waals surface area (Å²) in [6.45, 7) is 0. The lowest BCUT2D eigenvalue weighted by molar-refractivity contribution is 0.335. The first kappa shape index (κ1) is 15.7. The molecule has 0 saturated heterocycles. The van der Waals surface area contributed by atoms with Gasteiger partial charge in [-0.3, -0.25) is 0 Å². The number of para-hydroxylation sites is 1. The average molecular weight is 340 g/mol. The van der Waals surface area contributed by atoms with Gasteiger partial charge in [-0.1, -0.05) is 42.8 Å². The molecule has 124 valence electrons. The van der Waals surface area contributed by atoms with Gasteiger partial charge in [0, 0.05) is 17.0 Å². The molecule has 0 unspecified atom stereocenters. The van der Waals surface area contributed by atoms with Gasteiger partial charge in [-0.25, -0.2) is 9.38 Å². The summed E-state index contributed by atoms with van der Waals surface area (Å²) in [5.74, 6) is 0.468. The quantitative estimate of drug-likeness (QED) is 0.770. The Balaban J connectivity index is 1.64. The third-order valence-corrected chi connectivity index (χ3v) is 5.88. The van der Waals surface area contributed by atoms with Crippen molar-refractivity contribution >= 4 is 22.5 Å². The first-order chi connectivity index (χ1) is 11.8. The third-order valence-electron chi connectivity index (χ3n) is 4.84. The Kier molecular flexibility index (Phi) is 4.31. The van der Waals surface area contributed by atoms with Gasteiger partial charge in [-0.15, -0.1) is 11.8 Å². The number of benzene rings is 2. The summed E-state index contributed by atoms with van der Waals surface area (Å²) in [7, 11) is 0. The lowest BCUT2D eigenvalue weighted by atomic mass is 9.88. The Hall–Kier alpha value is -1.81. The summed E-state index contributed by atoms with van der Waals surface area (Å²) < 4.78 is 13.9. The van der Waals surface area contributed by atoms with E-state index < -0.39 is 0 Å². The van der Waals surface area contributed by atoms with Crippen LogP contribution in [0.4, 0.5) is 10.1 Å². The summed E-state index contributed by atoms with van der Waals surface area (Å²) in [4.78, 5) is 5.10. The number of fused-ring (bicyclic) bond motifs is 1. The molecule has 0 aromatic heterocycles. The fraction of sp³-hybridized carbons (Fsp3) is 0.350. The first-order valence-electron chi connectivity index (χ1n) is 8.59. The van der Waals surface area contributed by atoms with E-state index in [9.17, 15) is 4.39 Å². The molecule has 1 heterocycles. The molecule has 2 nitrogen and oxygen atoms in total. The molecule has 0 atom stereocenters. The molecular weight excluding hydrogens is 319 g/mol. The van der Waals surface area contributed by atoms with E-state index in [-0.39, 0.29) is 11.5 Å². The predicted molar refractivity (Wildman–Crippen MR) is 100 cm³/mol. The van der Waals surface area contributed by atoms with Crippen molar-refractivity contribution in [2.75, 3.05) is 5.32 Å². The number of halogens is 1. The van der Waals surface area contributed by atoms with Crippen LogP contribution in [0.1, 0.15) is 43.2 Å². The van der Waals surface area contributed by atoms with Crippen molar-refractivity contribution in [3.8, 4) is 0 Å². The van der Waals surface area contributed by atoms with Gasteiger partial charge < -0.3 is 5.32 Å². The Bertz CT molecular complexity index is 766. The van der Waals surface area contributed by atoms with Gasteiger partial charge in [-0.2, -0.15) is 0 Å². The van der Waals surface area contributed by atoms with Crippen molar-refractivity contribution in [2.45, 2.75) is 43.5 Å². The van der Waals surface area contributed by atoms with Crippen LogP contribution in [0, 0.1) is 5.82 Å². The SMILES string of the molecule is Fc1ccccc1CSC1=NC2(CCCCC2)Nc2ccccc21. The van der Waals surface area contributed by atoms with Crippen molar-refractivity contribution in [1.82, 2.24) is 0 Å². The van der Waals surface area contributed by atoms with Crippen molar-refractivity contribution in [2.24, 2.45) is 4.99 Å². The van der Waals surface area contributed by atoms with Gasteiger partial charge >= 0.3 is 0 Å². The van der Waals surface area contributed by atoms with Gasteiger partial charge in [0.25, 0.3) is 0 Å². The summed E-state index contributed by atoms with van der Waals surface area (Å²) in [6.07, 6.45) is 5.86. The van der Waals surface area contributed by atoms with Crippen LogP contribution in [-0.4, -0.2) is 10.7 Å². The molecule has 1 N–H and O–H groups in total. The first-order valence-corrected chi connectivity index (χ1v) is 9.58. The van der Waals surface area contributed by atoms with Gasteiger partial charge in [-0.05, 0) is 43.4 Å². The molecule has 0 bridgehead atoms. The standard InChI is InChI=1S/C20H21FN2S/c21-17-10-4-2-8-15(17)14-24-19-16-9-3-5-11-18(16)22-20(23-19)12-6-1-7-13-20/h2-5,8-11,22H,1,6-7,12-14H2. The molecule has 1 aliphatic heterocycles. The molecule has 4 heteroatoms. The highest BCUT2D eigenvalue weighted by Crippen LogP contribution is 2.40. The molecule has 1 spiro atoms. The van der Waals surface area contributed by atoms with E-state index in [1.165, 1.54) is 25.3 Å². The average Bonchev–Trinajstić information content (AvgIpc) is 2.61. The van der Waals surface area contributed by atoms with E-state index in [2.05, 4.69) is 23.5 Å². The molecule has 2 aromatic carbocycles. The normalized spacial score (nSPS) is 18.6. The van der Waals surface area contributed by atoms with Crippen LogP contribution >= 0.6 is 11.8 Å². The Labute approximate surface area is 146 Å². The highest BCUT2D eigenvalue weighted by atomic mass is 32.2. The molecule has 0 radical (unpaired) electrons. The zero-order chi connectivity index (χ0) is 16.4. The fourth-order valence-corrected chi connectivity index (χ4v) is 4.66. The third kappa shape index (κ3) is 3.07. The van der Waals surface area contributed by atoms with Gasteiger partial charge in [0.15, 0.2) is 0 Å². The second-order valence-electron chi connectivity index (χ2n) is 6.56. The topological polar surface area (TPSA) is 24.4 Å². The monoisotopic (exact) mass is 340 g/mol. The minimum Gasteiger partial charge on any atom is -0.361 e. The number of hydrogen-bond donors (Lipinski definition) is 1. The van der Waals surface area contributed by atoms with Gasteiger partial charge in [0.05, 0.1) is 0 Å². The number of rotatable bonds is 2. The van der Waals surface area contributed by atoms with E-state index in [0.29, 0.717) is 5.75 Å². The smallest absolute Gasteiger partial charge is 0.130 e. The lowest BCUT2D eigenvalue weighted by Gasteiger charge is -2.39. The molecule has 2 aromatic rings. The summed E-state index contributed by atoms with van der Waals surface area (Å²) in [5, 5.41) is 4.71. The second kappa shape index (κ2) is 6.60. The lowest BCUT2D eigenvalue weighted by Crippen LogP contribution is -2.42. The van der Waals surface area contributed by atoms with Crippen molar-refractivity contribution < 1.29 is 4.39 Å². The van der Waals surface area contributed by atoms with E-state index >= 15 is 0 Å². The van der Waals surface area contributed by atoms with Crippen LogP contribution in [-0.2, 0) is 5.75 Å². The van der Waals surface area contributed by atoms with Crippen LogP contribution in [0.5, 0.6) is 0 Å². The highest BCUT2D eigenvalue weighted by Gasteiger charge is 2.35. The summed E-state index contributed by atoms with van der Waals surface area (Å²) in [5.41, 5.74) is 2.86. The van der Waals surface area contributed by atoms with Crippen LogP contribution in [0.3, 0.4) is 0 Å². The maximum atomic E-state index is 13.9. The number of nitrogens with one attached hydrogen (secondary N) is 1. The number of aliphatic imine (C=N–C) groups is 1. The maximum absolute atomic E-state index is 13.9. The molecule has 1 saturated carbocycles. The summed E-state index contributed by atoms with van der Waals surface area (Å²) in [6, 6.07) is 15.3.